The zero-order valence-corrected chi connectivity index (χ0v) is 17.0. The SMILES string of the molecule is COc1ccc(-c2cc3ccccc3oc2=O)cc1NC(=O)c1ccc(Br)cc1. The quantitative estimate of drug-likeness (QED) is 0.418. The molecule has 0 saturated carbocycles. The Hall–Kier alpha value is -3.38. The minimum Gasteiger partial charge on any atom is -0.495 e. The van der Waals surface area contributed by atoms with E-state index in [1.54, 1.807) is 54.6 Å². The van der Waals surface area contributed by atoms with Gasteiger partial charge in [0, 0.05) is 15.4 Å². The van der Waals surface area contributed by atoms with E-state index < -0.39 is 5.63 Å². The minimum absolute atomic E-state index is 0.279. The number of carbonyl (C=O) groups is 1. The van der Waals surface area contributed by atoms with Crippen LogP contribution in [0.25, 0.3) is 22.1 Å². The molecule has 0 aliphatic rings. The van der Waals surface area contributed by atoms with Crippen LogP contribution in [-0.2, 0) is 0 Å². The topological polar surface area (TPSA) is 68.5 Å². The molecule has 0 fully saturated rings. The van der Waals surface area contributed by atoms with Gasteiger partial charge in [-0.2, -0.15) is 0 Å². The van der Waals surface area contributed by atoms with E-state index in [-0.39, 0.29) is 5.91 Å². The molecule has 0 aliphatic carbocycles. The van der Waals surface area contributed by atoms with Crippen molar-refractivity contribution >= 4 is 38.5 Å². The fourth-order valence-corrected chi connectivity index (χ4v) is 3.30. The fraction of sp³-hybridized carbons (Fsp3) is 0.0435. The summed E-state index contributed by atoms with van der Waals surface area (Å²) in [6.45, 7) is 0. The number of rotatable bonds is 4. The highest BCUT2D eigenvalue weighted by Gasteiger charge is 2.14. The lowest BCUT2D eigenvalue weighted by Gasteiger charge is -2.12. The molecule has 5 nitrogen and oxygen atoms in total. The molecule has 0 aliphatic heterocycles. The van der Waals surface area contributed by atoms with Crippen molar-refractivity contribution in [3.8, 4) is 16.9 Å². The van der Waals surface area contributed by atoms with Crippen molar-refractivity contribution in [3.05, 3.63) is 93.3 Å². The molecule has 0 atom stereocenters. The first kappa shape index (κ1) is 19.0. The van der Waals surface area contributed by atoms with E-state index in [9.17, 15) is 9.59 Å². The number of methoxy groups -OCH3 is 1. The molecular formula is C23H16BrNO4. The number of carbonyl (C=O) groups excluding carboxylic acids is 1. The summed E-state index contributed by atoms with van der Waals surface area (Å²) in [5.41, 5.74) is 2.08. The molecule has 6 heteroatoms. The number of fused-ring (bicyclic) bond motifs is 1. The Morgan fingerprint density at radius 1 is 1.00 bits per heavy atom. The van der Waals surface area contributed by atoms with E-state index >= 15 is 0 Å². The predicted molar refractivity (Wildman–Crippen MR) is 117 cm³/mol. The lowest BCUT2D eigenvalue weighted by atomic mass is 10.0. The lowest BCUT2D eigenvalue weighted by Crippen LogP contribution is -2.13. The van der Waals surface area contributed by atoms with Crippen molar-refractivity contribution in [1.82, 2.24) is 0 Å². The van der Waals surface area contributed by atoms with E-state index in [1.807, 2.05) is 18.2 Å². The summed E-state index contributed by atoms with van der Waals surface area (Å²) >= 11 is 3.35. The lowest BCUT2D eigenvalue weighted by molar-refractivity contribution is 0.102. The van der Waals surface area contributed by atoms with E-state index in [0.717, 1.165) is 9.86 Å². The van der Waals surface area contributed by atoms with Gasteiger partial charge in [-0.25, -0.2) is 4.79 Å². The molecule has 0 unspecified atom stereocenters. The van der Waals surface area contributed by atoms with Crippen LogP contribution in [0.15, 0.2) is 86.5 Å². The summed E-state index contributed by atoms with van der Waals surface area (Å²) < 4.78 is 11.7. The Balaban J connectivity index is 1.74. The molecule has 0 bridgehead atoms. The van der Waals surface area contributed by atoms with Crippen molar-refractivity contribution in [2.75, 3.05) is 12.4 Å². The van der Waals surface area contributed by atoms with Crippen LogP contribution < -0.4 is 15.7 Å². The van der Waals surface area contributed by atoms with Crippen molar-refractivity contribution in [3.63, 3.8) is 0 Å². The van der Waals surface area contributed by atoms with E-state index in [0.29, 0.717) is 33.7 Å². The molecule has 3 aromatic carbocycles. The van der Waals surface area contributed by atoms with Gasteiger partial charge in [0.05, 0.1) is 18.4 Å². The predicted octanol–water partition coefficient (Wildman–Crippen LogP) is 5.48. The molecule has 144 valence electrons. The number of amides is 1. The Morgan fingerprint density at radius 2 is 1.76 bits per heavy atom. The largest absolute Gasteiger partial charge is 0.495 e. The maximum atomic E-state index is 12.6. The summed E-state index contributed by atoms with van der Waals surface area (Å²) in [4.78, 5) is 25.1. The number of hydrogen-bond acceptors (Lipinski definition) is 4. The van der Waals surface area contributed by atoms with Crippen LogP contribution in [-0.4, -0.2) is 13.0 Å². The summed E-state index contributed by atoms with van der Waals surface area (Å²) in [5, 5.41) is 3.67. The Bertz CT molecular complexity index is 1260. The number of nitrogens with one attached hydrogen (secondary N) is 1. The second kappa shape index (κ2) is 7.93. The monoisotopic (exact) mass is 449 g/mol. The number of halogens is 1. The number of hydrogen-bond donors (Lipinski definition) is 1. The molecule has 0 saturated heterocycles. The Kier molecular flexibility index (Phi) is 5.18. The van der Waals surface area contributed by atoms with Crippen molar-refractivity contribution in [2.45, 2.75) is 0 Å². The summed E-state index contributed by atoms with van der Waals surface area (Å²) in [6, 6.07) is 21.3. The summed E-state index contributed by atoms with van der Waals surface area (Å²) in [6.07, 6.45) is 0. The Morgan fingerprint density at radius 3 is 2.52 bits per heavy atom. The first-order valence-electron chi connectivity index (χ1n) is 8.83. The molecular weight excluding hydrogens is 434 g/mol. The van der Waals surface area contributed by atoms with Crippen LogP contribution in [0.4, 0.5) is 5.69 Å². The molecule has 4 aromatic rings. The van der Waals surface area contributed by atoms with E-state index in [4.69, 9.17) is 9.15 Å². The van der Waals surface area contributed by atoms with Gasteiger partial charge in [0.2, 0.25) is 0 Å². The smallest absolute Gasteiger partial charge is 0.344 e. The molecule has 0 radical (unpaired) electrons. The first-order chi connectivity index (χ1) is 14.0. The van der Waals surface area contributed by atoms with Crippen LogP contribution in [0.2, 0.25) is 0 Å². The van der Waals surface area contributed by atoms with E-state index in [1.165, 1.54) is 7.11 Å². The van der Waals surface area contributed by atoms with Crippen LogP contribution in [0.3, 0.4) is 0 Å². The van der Waals surface area contributed by atoms with Gasteiger partial charge in [-0.3, -0.25) is 4.79 Å². The first-order valence-corrected chi connectivity index (χ1v) is 9.62. The number of ether oxygens (including phenoxy) is 1. The van der Waals surface area contributed by atoms with Gasteiger partial charge < -0.3 is 14.5 Å². The zero-order chi connectivity index (χ0) is 20.4. The second-order valence-corrected chi connectivity index (χ2v) is 7.28. The molecule has 4 rings (SSSR count). The normalized spacial score (nSPS) is 10.7. The Labute approximate surface area is 175 Å². The summed E-state index contributed by atoms with van der Waals surface area (Å²) in [7, 11) is 1.52. The molecule has 1 amide bonds. The standard InChI is InChI=1S/C23H16BrNO4/c1-28-21-11-8-15(18-12-16-4-2-3-5-20(16)29-23(18)27)13-19(21)25-22(26)14-6-9-17(24)10-7-14/h2-13H,1H3,(H,25,26). The number of benzene rings is 3. The van der Waals surface area contributed by atoms with Crippen molar-refractivity contribution in [2.24, 2.45) is 0 Å². The fourth-order valence-electron chi connectivity index (χ4n) is 3.03. The highest BCUT2D eigenvalue weighted by Crippen LogP contribution is 2.31. The molecule has 1 heterocycles. The zero-order valence-electron chi connectivity index (χ0n) is 15.4. The minimum atomic E-state index is -0.445. The van der Waals surface area contributed by atoms with Crippen molar-refractivity contribution in [1.29, 1.82) is 0 Å². The van der Waals surface area contributed by atoms with Crippen LogP contribution >= 0.6 is 15.9 Å². The maximum absolute atomic E-state index is 12.6. The summed E-state index contributed by atoms with van der Waals surface area (Å²) in [5.74, 6) is 0.211. The van der Waals surface area contributed by atoms with Crippen molar-refractivity contribution < 1.29 is 13.9 Å². The highest BCUT2D eigenvalue weighted by atomic mass is 79.9. The van der Waals surface area contributed by atoms with Gasteiger partial charge in [0.25, 0.3) is 5.91 Å². The maximum Gasteiger partial charge on any atom is 0.344 e. The van der Waals surface area contributed by atoms with Gasteiger partial charge >= 0.3 is 5.63 Å². The highest BCUT2D eigenvalue weighted by molar-refractivity contribution is 9.10. The second-order valence-electron chi connectivity index (χ2n) is 6.36. The van der Waals surface area contributed by atoms with Crippen LogP contribution in [0, 0.1) is 0 Å². The third-order valence-electron chi connectivity index (χ3n) is 4.51. The van der Waals surface area contributed by atoms with Gasteiger partial charge in [-0.1, -0.05) is 40.2 Å². The third kappa shape index (κ3) is 3.93. The van der Waals surface area contributed by atoms with Gasteiger partial charge in [-0.05, 0) is 54.1 Å². The van der Waals surface area contributed by atoms with Crippen LogP contribution in [0.1, 0.15) is 10.4 Å². The number of anilines is 1. The van der Waals surface area contributed by atoms with Gasteiger partial charge in [-0.15, -0.1) is 0 Å². The molecule has 1 N–H and O–H groups in total. The molecule has 0 spiro atoms. The van der Waals surface area contributed by atoms with Gasteiger partial charge in [0.15, 0.2) is 0 Å². The van der Waals surface area contributed by atoms with E-state index in [2.05, 4.69) is 21.2 Å². The third-order valence-corrected chi connectivity index (χ3v) is 5.04. The average Bonchev–Trinajstić information content (AvgIpc) is 2.73. The van der Waals surface area contributed by atoms with Gasteiger partial charge in [0.1, 0.15) is 11.3 Å². The molecule has 29 heavy (non-hydrogen) atoms. The molecule has 1 aromatic heterocycles. The van der Waals surface area contributed by atoms with Crippen LogP contribution in [0.5, 0.6) is 5.75 Å². The average molecular weight is 450 g/mol. The number of para-hydroxylation sites is 1.